The summed E-state index contributed by atoms with van der Waals surface area (Å²) in [5.41, 5.74) is -0.341. The van der Waals surface area contributed by atoms with Crippen molar-refractivity contribution >= 4 is 11.9 Å². The number of fused-ring (bicyclic) bond motifs is 3. The van der Waals surface area contributed by atoms with Crippen LogP contribution in [0.15, 0.2) is 18.2 Å². The molecule has 1 amide bonds. The predicted octanol–water partition coefficient (Wildman–Crippen LogP) is 2.32. The number of aliphatic carboxylic acids is 1. The number of amides is 1. The number of ether oxygens (including phenoxy) is 2. The van der Waals surface area contributed by atoms with Gasteiger partial charge in [-0.3, -0.25) is 9.59 Å². The van der Waals surface area contributed by atoms with Gasteiger partial charge in [0.2, 0.25) is 0 Å². The molecule has 3 aliphatic heterocycles. The molecular formula is C18H21NO5. The van der Waals surface area contributed by atoms with E-state index in [-0.39, 0.29) is 18.0 Å². The van der Waals surface area contributed by atoms with E-state index in [0.29, 0.717) is 43.1 Å². The third-order valence-corrected chi connectivity index (χ3v) is 5.83. The first-order chi connectivity index (χ1) is 11.6. The molecule has 2 bridgehead atoms. The second kappa shape index (κ2) is 5.40. The lowest BCUT2D eigenvalue weighted by Gasteiger charge is -2.32. The van der Waals surface area contributed by atoms with Gasteiger partial charge < -0.3 is 19.5 Å². The molecule has 3 aliphatic rings. The second-order valence-corrected chi connectivity index (χ2v) is 6.81. The summed E-state index contributed by atoms with van der Waals surface area (Å²) in [5.74, 6) is 0.141. The van der Waals surface area contributed by atoms with E-state index in [9.17, 15) is 14.7 Å². The Bertz CT molecular complexity index is 703. The lowest BCUT2D eigenvalue weighted by atomic mass is 9.72. The van der Waals surface area contributed by atoms with Crippen molar-refractivity contribution in [3.05, 3.63) is 23.8 Å². The van der Waals surface area contributed by atoms with Crippen molar-refractivity contribution in [2.45, 2.75) is 44.7 Å². The van der Waals surface area contributed by atoms with Crippen molar-refractivity contribution in [1.29, 1.82) is 0 Å². The normalized spacial score (nSPS) is 30.5. The van der Waals surface area contributed by atoms with E-state index in [1.54, 1.807) is 23.1 Å². The number of carbonyl (C=O) groups is 2. The van der Waals surface area contributed by atoms with Crippen molar-refractivity contribution in [3.63, 3.8) is 0 Å². The highest BCUT2D eigenvalue weighted by atomic mass is 16.6. The first kappa shape index (κ1) is 15.3. The van der Waals surface area contributed by atoms with Gasteiger partial charge in [-0.1, -0.05) is 13.0 Å². The van der Waals surface area contributed by atoms with E-state index in [2.05, 4.69) is 0 Å². The van der Waals surface area contributed by atoms with E-state index in [1.807, 2.05) is 6.92 Å². The summed E-state index contributed by atoms with van der Waals surface area (Å²) in [7, 11) is 0. The van der Waals surface area contributed by atoms with Gasteiger partial charge in [0.05, 0.1) is 11.0 Å². The highest BCUT2D eigenvalue weighted by molar-refractivity contribution is 5.99. The van der Waals surface area contributed by atoms with Crippen LogP contribution in [0.4, 0.5) is 0 Å². The van der Waals surface area contributed by atoms with E-state index in [1.165, 1.54) is 0 Å². The van der Waals surface area contributed by atoms with Gasteiger partial charge in [0.25, 0.3) is 5.91 Å². The van der Waals surface area contributed by atoms with E-state index < -0.39 is 11.4 Å². The number of hydrogen-bond acceptors (Lipinski definition) is 4. The average Bonchev–Trinajstić information content (AvgIpc) is 3.17. The molecule has 6 heteroatoms. The zero-order valence-corrected chi connectivity index (χ0v) is 13.7. The molecule has 2 saturated heterocycles. The van der Waals surface area contributed by atoms with Gasteiger partial charge in [-0.2, -0.15) is 0 Å². The standard InChI is InChI=1S/C18H21NO5/c1-2-18(17(21)22)10-11-6-7-14(18)19(11)16(20)12-4-3-5-13-15(12)24-9-8-23-13/h3-5,11,14H,2,6-10H2,1H3,(H,21,22)/t11-,14+,18+/m0/s1. The fraction of sp³-hybridized carbons (Fsp3) is 0.556. The third-order valence-electron chi connectivity index (χ3n) is 5.83. The predicted molar refractivity (Wildman–Crippen MR) is 85.4 cm³/mol. The van der Waals surface area contributed by atoms with Gasteiger partial charge in [0.1, 0.15) is 13.2 Å². The van der Waals surface area contributed by atoms with Gasteiger partial charge in [-0.05, 0) is 37.8 Å². The van der Waals surface area contributed by atoms with Gasteiger partial charge in [-0.15, -0.1) is 0 Å². The van der Waals surface area contributed by atoms with Crippen LogP contribution in [0.2, 0.25) is 0 Å². The van der Waals surface area contributed by atoms with Crippen LogP contribution in [0.25, 0.3) is 0 Å². The zero-order valence-electron chi connectivity index (χ0n) is 13.7. The maximum atomic E-state index is 13.2. The Morgan fingerprint density at radius 2 is 2.08 bits per heavy atom. The number of carboxylic acid groups (broad SMARTS) is 1. The third kappa shape index (κ3) is 1.95. The Balaban J connectivity index is 1.71. The number of hydrogen-bond donors (Lipinski definition) is 1. The molecule has 24 heavy (non-hydrogen) atoms. The number of nitrogens with zero attached hydrogens (tertiary/aromatic N) is 1. The molecule has 0 saturated carbocycles. The van der Waals surface area contributed by atoms with Crippen molar-refractivity contribution in [2.75, 3.05) is 13.2 Å². The molecule has 0 unspecified atom stereocenters. The van der Waals surface area contributed by atoms with Gasteiger partial charge in [-0.25, -0.2) is 0 Å². The number of carbonyl (C=O) groups excluding carboxylic acids is 1. The average molecular weight is 331 g/mol. The van der Waals surface area contributed by atoms with Crippen molar-refractivity contribution < 1.29 is 24.2 Å². The summed E-state index contributed by atoms with van der Waals surface area (Å²) in [5, 5.41) is 9.77. The summed E-state index contributed by atoms with van der Waals surface area (Å²) in [6, 6.07) is 5.07. The lowest BCUT2D eigenvalue weighted by Crippen LogP contribution is -2.44. The van der Waals surface area contributed by atoms with Crippen LogP contribution < -0.4 is 9.47 Å². The molecule has 6 nitrogen and oxygen atoms in total. The molecule has 1 N–H and O–H groups in total. The first-order valence-corrected chi connectivity index (χ1v) is 8.53. The zero-order chi connectivity index (χ0) is 16.9. The van der Waals surface area contributed by atoms with E-state index in [0.717, 1.165) is 12.8 Å². The summed E-state index contributed by atoms with van der Waals surface area (Å²) in [6.07, 6.45) is 2.71. The largest absolute Gasteiger partial charge is 0.486 e. The summed E-state index contributed by atoms with van der Waals surface area (Å²) < 4.78 is 11.2. The van der Waals surface area contributed by atoms with Gasteiger partial charge in [0, 0.05) is 12.1 Å². The van der Waals surface area contributed by atoms with Crippen LogP contribution in [-0.4, -0.2) is 47.2 Å². The summed E-state index contributed by atoms with van der Waals surface area (Å²) in [6.45, 7) is 2.79. The lowest BCUT2D eigenvalue weighted by molar-refractivity contribution is -0.151. The number of para-hydroxylation sites is 1. The Labute approximate surface area is 140 Å². The van der Waals surface area contributed by atoms with Crippen LogP contribution in [0.3, 0.4) is 0 Å². The highest BCUT2D eigenvalue weighted by Crippen LogP contribution is 2.52. The Morgan fingerprint density at radius 3 is 2.79 bits per heavy atom. The second-order valence-electron chi connectivity index (χ2n) is 6.81. The SMILES string of the molecule is CC[C@@]1(C(=O)O)C[C@@H]2CC[C@H]1N2C(=O)c1cccc2c1OCCO2. The number of carboxylic acids is 1. The minimum absolute atomic E-state index is 0.00100. The first-order valence-electron chi connectivity index (χ1n) is 8.53. The quantitative estimate of drug-likeness (QED) is 0.920. The smallest absolute Gasteiger partial charge is 0.311 e. The maximum Gasteiger partial charge on any atom is 0.311 e. The molecule has 3 heterocycles. The number of benzene rings is 1. The molecule has 1 aromatic carbocycles. The molecule has 0 radical (unpaired) electrons. The molecule has 1 aromatic rings. The fourth-order valence-electron chi connectivity index (χ4n) is 4.63. The van der Waals surface area contributed by atoms with Crippen molar-refractivity contribution in [2.24, 2.45) is 5.41 Å². The molecule has 2 fully saturated rings. The van der Waals surface area contributed by atoms with Crippen molar-refractivity contribution in [1.82, 2.24) is 4.90 Å². The Morgan fingerprint density at radius 1 is 1.29 bits per heavy atom. The maximum absolute atomic E-state index is 13.2. The Hall–Kier alpha value is -2.24. The monoisotopic (exact) mass is 331 g/mol. The van der Waals surface area contributed by atoms with Crippen LogP contribution >= 0.6 is 0 Å². The van der Waals surface area contributed by atoms with Crippen LogP contribution in [0.1, 0.15) is 43.0 Å². The Kier molecular flexibility index (Phi) is 3.44. The van der Waals surface area contributed by atoms with Crippen molar-refractivity contribution in [3.8, 4) is 11.5 Å². The molecular weight excluding hydrogens is 310 g/mol. The van der Waals surface area contributed by atoms with Crippen LogP contribution in [0, 0.1) is 5.41 Å². The van der Waals surface area contributed by atoms with Crippen LogP contribution in [0.5, 0.6) is 11.5 Å². The molecule has 3 atom stereocenters. The minimum atomic E-state index is -0.815. The fourth-order valence-corrected chi connectivity index (χ4v) is 4.63. The molecule has 0 aliphatic carbocycles. The molecule has 128 valence electrons. The minimum Gasteiger partial charge on any atom is -0.486 e. The highest BCUT2D eigenvalue weighted by Gasteiger charge is 2.60. The summed E-state index contributed by atoms with van der Waals surface area (Å²) in [4.78, 5) is 26.9. The van der Waals surface area contributed by atoms with E-state index in [4.69, 9.17) is 9.47 Å². The molecule has 0 aromatic heterocycles. The van der Waals surface area contributed by atoms with E-state index >= 15 is 0 Å². The molecule has 4 rings (SSSR count). The van der Waals surface area contributed by atoms with Gasteiger partial charge >= 0.3 is 5.97 Å². The van der Waals surface area contributed by atoms with Crippen LogP contribution in [-0.2, 0) is 4.79 Å². The molecule has 0 spiro atoms. The number of rotatable bonds is 3. The summed E-state index contributed by atoms with van der Waals surface area (Å²) >= 11 is 0. The topological polar surface area (TPSA) is 76.1 Å². The van der Waals surface area contributed by atoms with Gasteiger partial charge in [0.15, 0.2) is 11.5 Å².